The van der Waals surface area contributed by atoms with E-state index in [2.05, 4.69) is 9.97 Å². The minimum absolute atomic E-state index is 0.132. The minimum Gasteiger partial charge on any atom is -0.356 e. The minimum atomic E-state index is -4.71. The molecule has 0 spiro atoms. The van der Waals surface area contributed by atoms with Crippen LogP contribution in [0.2, 0.25) is 0 Å². The largest absolute Gasteiger partial charge is 0.451 e. The molecule has 0 aliphatic carbocycles. The number of para-hydroxylation sites is 1. The number of halogens is 4. The second kappa shape index (κ2) is 6.46. The number of anilines is 1. The third-order valence-electron chi connectivity index (χ3n) is 3.37. The molecule has 1 aromatic carbocycles. The molecule has 0 saturated carbocycles. The molecule has 0 amide bonds. The first kappa shape index (κ1) is 16.5. The van der Waals surface area contributed by atoms with Gasteiger partial charge < -0.3 is 4.90 Å². The lowest BCUT2D eigenvalue weighted by molar-refractivity contribution is -0.144. The Hall–Kier alpha value is -1.92. The summed E-state index contributed by atoms with van der Waals surface area (Å²) in [4.78, 5) is 8.75. The van der Waals surface area contributed by atoms with Crippen LogP contribution in [-0.4, -0.2) is 23.1 Å². The number of rotatable bonds is 5. The van der Waals surface area contributed by atoms with Crippen molar-refractivity contribution < 1.29 is 17.6 Å². The topological polar surface area (TPSA) is 29.0 Å². The first-order chi connectivity index (χ1) is 10.4. The maximum absolute atomic E-state index is 13.9. The summed E-state index contributed by atoms with van der Waals surface area (Å²) in [5.74, 6) is -1.96. The number of aromatic nitrogens is 2. The molecule has 0 fully saturated rings. The molecule has 2 rings (SSSR count). The number of hydrogen-bond donors (Lipinski definition) is 0. The van der Waals surface area contributed by atoms with Gasteiger partial charge in [0.1, 0.15) is 17.2 Å². The predicted molar refractivity (Wildman–Crippen MR) is 77.3 cm³/mol. The van der Waals surface area contributed by atoms with Crippen molar-refractivity contribution in [2.45, 2.75) is 32.9 Å². The molecule has 120 valence electrons. The van der Waals surface area contributed by atoms with Crippen LogP contribution in [0.4, 0.5) is 23.4 Å². The van der Waals surface area contributed by atoms with Crippen LogP contribution in [0.1, 0.15) is 32.5 Å². The Bertz CT molecular complexity index is 655. The van der Waals surface area contributed by atoms with Gasteiger partial charge in [-0.3, -0.25) is 0 Å². The van der Waals surface area contributed by atoms with Crippen LogP contribution >= 0.6 is 0 Å². The Morgan fingerprint density at radius 2 is 1.86 bits per heavy atom. The van der Waals surface area contributed by atoms with Gasteiger partial charge in [-0.15, -0.1) is 0 Å². The average Bonchev–Trinajstić information content (AvgIpc) is 2.47. The molecule has 0 aliphatic rings. The summed E-state index contributed by atoms with van der Waals surface area (Å²) in [5, 5.41) is 0.297. The number of alkyl halides is 3. The molecular weight excluding hydrogens is 298 g/mol. The van der Waals surface area contributed by atoms with Crippen molar-refractivity contribution in [2.24, 2.45) is 0 Å². The van der Waals surface area contributed by atoms with E-state index in [4.69, 9.17) is 0 Å². The van der Waals surface area contributed by atoms with E-state index >= 15 is 0 Å². The molecule has 0 unspecified atom stereocenters. The van der Waals surface area contributed by atoms with Crippen molar-refractivity contribution in [1.82, 2.24) is 9.97 Å². The number of unbranched alkanes of at least 4 members (excludes halogenated alkanes) is 1. The van der Waals surface area contributed by atoms with E-state index in [0.29, 0.717) is 18.5 Å². The van der Waals surface area contributed by atoms with Crippen LogP contribution in [0.15, 0.2) is 18.2 Å². The molecule has 3 nitrogen and oxygen atoms in total. The molecule has 0 atom stereocenters. The highest BCUT2D eigenvalue weighted by Crippen LogP contribution is 2.32. The summed E-state index contributed by atoms with van der Waals surface area (Å²) in [7, 11) is 0. The first-order valence-corrected chi connectivity index (χ1v) is 7.16. The molecule has 0 radical (unpaired) electrons. The number of fused-ring (bicyclic) bond motifs is 1. The number of benzene rings is 1. The Kier molecular flexibility index (Phi) is 4.83. The highest BCUT2D eigenvalue weighted by molar-refractivity contribution is 5.90. The lowest BCUT2D eigenvalue weighted by Gasteiger charge is -2.24. The van der Waals surface area contributed by atoms with E-state index in [-0.39, 0.29) is 11.3 Å². The Balaban J connectivity index is 2.66. The van der Waals surface area contributed by atoms with E-state index in [1.807, 2.05) is 13.8 Å². The molecule has 2 aromatic rings. The van der Waals surface area contributed by atoms with Gasteiger partial charge >= 0.3 is 6.18 Å². The van der Waals surface area contributed by atoms with E-state index in [9.17, 15) is 17.6 Å². The molecule has 0 N–H and O–H groups in total. The summed E-state index contributed by atoms with van der Waals surface area (Å²) in [6.07, 6.45) is -2.99. The van der Waals surface area contributed by atoms with E-state index in [0.717, 1.165) is 18.9 Å². The smallest absolute Gasteiger partial charge is 0.356 e. The zero-order valence-electron chi connectivity index (χ0n) is 12.4. The predicted octanol–water partition coefficient (Wildman–Crippen LogP) is 4.41. The molecule has 0 saturated heterocycles. The lowest BCUT2D eigenvalue weighted by Crippen LogP contribution is -2.26. The fraction of sp³-hybridized carbons (Fsp3) is 0.467. The van der Waals surface area contributed by atoms with Crippen molar-refractivity contribution >= 4 is 16.7 Å². The third-order valence-corrected chi connectivity index (χ3v) is 3.37. The van der Waals surface area contributed by atoms with E-state index in [1.165, 1.54) is 6.07 Å². The summed E-state index contributed by atoms with van der Waals surface area (Å²) in [6, 6.07) is 4.09. The Labute approximate surface area is 126 Å². The molecule has 1 aromatic heterocycles. The molecule has 22 heavy (non-hydrogen) atoms. The standard InChI is InChI=1S/C15H17F4N3/c1-3-5-9-22(4-2)13-10-7-6-8-11(16)12(10)20-14(21-13)15(17,18)19/h6-8H,3-5,9H2,1-2H3. The lowest BCUT2D eigenvalue weighted by atomic mass is 10.2. The van der Waals surface area contributed by atoms with Gasteiger partial charge in [-0.2, -0.15) is 13.2 Å². The molecule has 1 heterocycles. The van der Waals surface area contributed by atoms with Crippen molar-refractivity contribution in [3.05, 3.63) is 29.8 Å². The van der Waals surface area contributed by atoms with Crippen molar-refractivity contribution in [3.63, 3.8) is 0 Å². The highest BCUT2D eigenvalue weighted by atomic mass is 19.4. The van der Waals surface area contributed by atoms with Crippen LogP contribution < -0.4 is 4.90 Å². The molecular formula is C15H17F4N3. The maximum Gasteiger partial charge on any atom is 0.451 e. The fourth-order valence-electron chi connectivity index (χ4n) is 2.23. The van der Waals surface area contributed by atoms with Crippen LogP contribution in [-0.2, 0) is 6.18 Å². The van der Waals surface area contributed by atoms with E-state index < -0.39 is 17.8 Å². The van der Waals surface area contributed by atoms with Crippen molar-refractivity contribution in [3.8, 4) is 0 Å². The summed E-state index contributed by atoms with van der Waals surface area (Å²) < 4.78 is 52.8. The van der Waals surface area contributed by atoms with Crippen molar-refractivity contribution in [1.29, 1.82) is 0 Å². The van der Waals surface area contributed by atoms with Gasteiger partial charge in [-0.25, -0.2) is 14.4 Å². The Morgan fingerprint density at radius 3 is 2.45 bits per heavy atom. The van der Waals surface area contributed by atoms with E-state index in [1.54, 1.807) is 11.0 Å². The first-order valence-electron chi connectivity index (χ1n) is 7.16. The van der Waals surface area contributed by atoms with Gasteiger partial charge in [0.15, 0.2) is 0 Å². The average molecular weight is 315 g/mol. The number of nitrogens with zero attached hydrogens (tertiary/aromatic N) is 3. The van der Waals surface area contributed by atoms with Gasteiger partial charge in [0.25, 0.3) is 0 Å². The van der Waals surface area contributed by atoms with Gasteiger partial charge in [0.05, 0.1) is 0 Å². The maximum atomic E-state index is 13.9. The van der Waals surface area contributed by atoms with Gasteiger partial charge in [-0.05, 0) is 25.5 Å². The monoisotopic (exact) mass is 315 g/mol. The second-order valence-corrected chi connectivity index (χ2v) is 4.94. The Morgan fingerprint density at radius 1 is 1.14 bits per heavy atom. The van der Waals surface area contributed by atoms with Crippen LogP contribution in [0.3, 0.4) is 0 Å². The number of hydrogen-bond acceptors (Lipinski definition) is 3. The second-order valence-electron chi connectivity index (χ2n) is 4.94. The molecule has 0 aliphatic heterocycles. The van der Waals surface area contributed by atoms with Gasteiger partial charge in [-0.1, -0.05) is 19.4 Å². The summed E-state index contributed by atoms with van der Waals surface area (Å²) in [5.41, 5.74) is -0.297. The van der Waals surface area contributed by atoms with Gasteiger partial charge in [0, 0.05) is 18.5 Å². The van der Waals surface area contributed by atoms with Crippen LogP contribution in [0, 0.1) is 5.82 Å². The highest BCUT2D eigenvalue weighted by Gasteiger charge is 2.36. The zero-order chi connectivity index (χ0) is 16.3. The SMILES string of the molecule is CCCCN(CC)c1nc(C(F)(F)F)nc2c(F)cccc12. The third kappa shape index (κ3) is 3.28. The quantitative estimate of drug-likeness (QED) is 0.765. The molecule has 7 heteroatoms. The summed E-state index contributed by atoms with van der Waals surface area (Å²) in [6.45, 7) is 4.87. The fourth-order valence-corrected chi connectivity index (χ4v) is 2.23. The van der Waals surface area contributed by atoms with Crippen LogP contribution in [0.25, 0.3) is 10.9 Å². The summed E-state index contributed by atoms with van der Waals surface area (Å²) >= 11 is 0. The van der Waals surface area contributed by atoms with Gasteiger partial charge in [0.2, 0.25) is 5.82 Å². The van der Waals surface area contributed by atoms with Crippen molar-refractivity contribution in [2.75, 3.05) is 18.0 Å². The zero-order valence-corrected chi connectivity index (χ0v) is 12.4. The van der Waals surface area contributed by atoms with Crippen LogP contribution in [0.5, 0.6) is 0 Å². The molecule has 0 bridgehead atoms. The normalized spacial score (nSPS) is 11.9.